The summed E-state index contributed by atoms with van der Waals surface area (Å²) in [5.74, 6) is 0.464. The smallest absolute Gasteiger partial charge is 0.324 e. The number of rotatable bonds is 7. The maximum absolute atomic E-state index is 4.95. The minimum absolute atomic E-state index is 0.245. The van der Waals surface area contributed by atoms with Gasteiger partial charge < -0.3 is 20.1 Å². The lowest BCUT2D eigenvalue weighted by atomic mass is 10.5. The van der Waals surface area contributed by atoms with Crippen LogP contribution in [0.25, 0.3) is 0 Å². The van der Waals surface area contributed by atoms with E-state index in [4.69, 9.17) is 9.47 Å². The molecule has 0 spiro atoms. The van der Waals surface area contributed by atoms with Gasteiger partial charge in [-0.25, -0.2) is 0 Å². The molecule has 0 bridgehead atoms. The van der Waals surface area contributed by atoms with Crippen molar-refractivity contribution in [2.24, 2.45) is 0 Å². The molecule has 1 heterocycles. The molecule has 0 radical (unpaired) electrons. The number of aromatic nitrogens is 3. The SMILES string of the molecule is COc1nc(NCCNC2CC2)nc(OC)n1. The fourth-order valence-electron chi connectivity index (χ4n) is 1.34. The normalized spacial score (nSPS) is 14.5. The van der Waals surface area contributed by atoms with Crippen LogP contribution < -0.4 is 20.1 Å². The minimum atomic E-state index is 0.245. The molecule has 7 heteroatoms. The number of hydrogen-bond donors (Lipinski definition) is 2. The molecule has 7 nitrogen and oxygen atoms in total. The van der Waals surface area contributed by atoms with Gasteiger partial charge in [0.2, 0.25) is 5.95 Å². The molecule has 94 valence electrons. The zero-order valence-corrected chi connectivity index (χ0v) is 10.1. The number of nitrogens with zero attached hydrogens (tertiary/aromatic N) is 3. The zero-order chi connectivity index (χ0) is 12.1. The summed E-state index contributed by atoms with van der Waals surface area (Å²) in [6, 6.07) is 1.20. The van der Waals surface area contributed by atoms with Crippen molar-refractivity contribution in [2.45, 2.75) is 18.9 Å². The summed E-state index contributed by atoms with van der Waals surface area (Å²) < 4.78 is 9.91. The van der Waals surface area contributed by atoms with Crippen molar-refractivity contribution in [3.63, 3.8) is 0 Å². The van der Waals surface area contributed by atoms with Gasteiger partial charge in [0.05, 0.1) is 14.2 Å². The van der Waals surface area contributed by atoms with Gasteiger partial charge in [-0.3, -0.25) is 0 Å². The van der Waals surface area contributed by atoms with Crippen LogP contribution in [0.4, 0.5) is 5.95 Å². The standard InChI is InChI=1S/C10H17N5O2/c1-16-9-13-8(14-10(15-9)17-2)12-6-5-11-7-3-4-7/h7,11H,3-6H2,1-2H3,(H,12,13,14,15). The molecular weight excluding hydrogens is 222 g/mol. The Morgan fingerprint density at radius 3 is 2.24 bits per heavy atom. The number of hydrogen-bond acceptors (Lipinski definition) is 7. The Balaban J connectivity index is 1.84. The van der Waals surface area contributed by atoms with Crippen molar-refractivity contribution in [1.82, 2.24) is 20.3 Å². The van der Waals surface area contributed by atoms with Crippen molar-refractivity contribution in [2.75, 3.05) is 32.6 Å². The monoisotopic (exact) mass is 239 g/mol. The minimum Gasteiger partial charge on any atom is -0.467 e. The van der Waals surface area contributed by atoms with Crippen molar-refractivity contribution >= 4 is 5.95 Å². The first-order chi connectivity index (χ1) is 8.31. The van der Waals surface area contributed by atoms with Crippen LogP contribution in [0.3, 0.4) is 0 Å². The Kier molecular flexibility index (Phi) is 3.92. The van der Waals surface area contributed by atoms with E-state index < -0.39 is 0 Å². The molecule has 1 aromatic heterocycles. The van der Waals surface area contributed by atoms with Crippen LogP contribution in [0.1, 0.15) is 12.8 Å². The van der Waals surface area contributed by atoms with Gasteiger partial charge >= 0.3 is 12.0 Å². The van der Waals surface area contributed by atoms with Gasteiger partial charge in [-0.15, -0.1) is 4.98 Å². The summed E-state index contributed by atoms with van der Waals surface area (Å²) >= 11 is 0. The molecule has 0 atom stereocenters. The van der Waals surface area contributed by atoms with E-state index >= 15 is 0 Å². The van der Waals surface area contributed by atoms with E-state index in [1.54, 1.807) is 0 Å². The summed E-state index contributed by atoms with van der Waals surface area (Å²) in [5, 5.41) is 6.48. The lowest BCUT2D eigenvalue weighted by molar-refractivity contribution is 0.341. The Bertz CT molecular complexity index is 347. The maximum atomic E-state index is 4.95. The van der Waals surface area contributed by atoms with Gasteiger partial charge in [0.25, 0.3) is 0 Å². The molecule has 17 heavy (non-hydrogen) atoms. The van der Waals surface area contributed by atoms with Gasteiger partial charge in [0, 0.05) is 19.1 Å². The summed E-state index contributed by atoms with van der Waals surface area (Å²) in [6.45, 7) is 1.65. The number of methoxy groups -OCH3 is 2. The molecule has 0 aromatic carbocycles. The van der Waals surface area contributed by atoms with Gasteiger partial charge in [0.1, 0.15) is 0 Å². The van der Waals surface area contributed by atoms with E-state index in [1.165, 1.54) is 27.1 Å². The van der Waals surface area contributed by atoms with E-state index in [0.717, 1.165) is 13.1 Å². The Labute approximate surface area is 100.0 Å². The predicted octanol–water partition coefficient (Wildman–Crippen LogP) is 0.0527. The second-order valence-electron chi connectivity index (χ2n) is 3.79. The predicted molar refractivity (Wildman–Crippen MR) is 62.4 cm³/mol. The van der Waals surface area contributed by atoms with Crippen molar-refractivity contribution in [1.29, 1.82) is 0 Å². The fourth-order valence-corrected chi connectivity index (χ4v) is 1.34. The van der Waals surface area contributed by atoms with Gasteiger partial charge in [-0.1, -0.05) is 0 Å². The first-order valence-electron chi connectivity index (χ1n) is 5.63. The highest BCUT2D eigenvalue weighted by atomic mass is 16.5. The van der Waals surface area contributed by atoms with E-state index in [9.17, 15) is 0 Å². The van der Waals surface area contributed by atoms with Crippen molar-refractivity contribution in [3.05, 3.63) is 0 Å². The lowest BCUT2D eigenvalue weighted by Gasteiger charge is -2.07. The molecule has 0 saturated heterocycles. The summed E-state index contributed by atoms with van der Waals surface area (Å²) in [7, 11) is 3.01. The third-order valence-corrected chi connectivity index (χ3v) is 2.38. The zero-order valence-electron chi connectivity index (χ0n) is 10.1. The summed E-state index contributed by atoms with van der Waals surface area (Å²) in [6.07, 6.45) is 2.57. The molecule has 1 aliphatic carbocycles. The van der Waals surface area contributed by atoms with Crippen LogP contribution in [-0.4, -0.2) is 48.3 Å². The van der Waals surface area contributed by atoms with Gasteiger partial charge in [-0.05, 0) is 12.8 Å². The topological polar surface area (TPSA) is 81.2 Å². The summed E-state index contributed by atoms with van der Waals surface area (Å²) in [4.78, 5) is 12.1. The lowest BCUT2D eigenvalue weighted by Crippen LogP contribution is -2.24. The van der Waals surface area contributed by atoms with Crippen LogP contribution in [0.15, 0.2) is 0 Å². The number of ether oxygens (including phenoxy) is 2. The van der Waals surface area contributed by atoms with Crippen LogP contribution in [0, 0.1) is 0 Å². The third-order valence-electron chi connectivity index (χ3n) is 2.38. The first kappa shape index (κ1) is 11.8. The fraction of sp³-hybridized carbons (Fsp3) is 0.700. The third kappa shape index (κ3) is 3.70. The molecule has 1 aromatic rings. The van der Waals surface area contributed by atoms with E-state index in [1.807, 2.05) is 0 Å². The molecule has 0 aliphatic heterocycles. The molecule has 1 fully saturated rings. The quantitative estimate of drug-likeness (QED) is 0.651. The second kappa shape index (κ2) is 5.62. The first-order valence-corrected chi connectivity index (χ1v) is 5.63. The highest BCUT2D eigenvalue weighted by molar-refractivity contribution is 5.27. The van der Waals surface area contributed by atoms with E-state index in [0.29, 0.717) is 12.0 Å². The highest BCUT2D eigenvalue weighted by Crippen LogP contribution is 2.18. The molecule has 2 N–H and O–H groups in total. The average molecular weight is 239 g/mol. The molecule has 0 unspecified atom stereocenters. The van der Waals surface area contributed by atoms with Crippen LogP contribution in [-0.2, 0) is 0 Å². The van der Waals surface area contributed by atoms with Crippen molar-refractivity contribution in [3.8, 4) is 12.0 Å². The number of anilines is 1. The second-order valence-corrected chi connectivity index (χ2v) is 3.79. The Morgan fingerprint density at radius 1 is 1.06 bits per heavy atom. The number of nitrogens with one attached hydrogen (secondary N) is 2. The molecule has 1 saturated carbocycles. The van der Waals surface area contributed by atoms with Crippen LogP contribution in [0.2, 0.25) is 0 Å². The van der Waals surface area contributed by atoms with Gasteiger partial charge in [-0.2, -0.15) is 9.97 Å². The molecule has 1 aliphatic rings. The molecule has 2 rings (SSSR count). The van der Waals surface area contributed by atoms with Crippen LogP contribution in [0.5, 0.6) is 12.0 Å². The van der Waals surface area contributed by atoms with Crippen LogP contribution >= 0.6 is 0 Å². The summed E-state index contributed by atoms with van der Waals surface area (Å²) in [5.41, 5.74) is 0. The molecular formula is C10H17N5O2. The maximum Gasteiger partial charge on any atom is 0.324 e. The molecule has 0 amide bonds. The van der Waals surface area contributed by atoms with Gasteiger partial charge in [0.15, 0.2) is 0 Å². The van der Waals surface area contributed by atoms with E-state index in [-0.39, 0.29) is 12.0 Å². The van der Waals surface area contributed by atoms with Crippen molar-refractivity contribution < 1.29 is 9.47 Å². The highest BCUT2D eigenvalue weighted by Gasteiger charge is 2.19. The Hall–Kier alpha value is -1.63. The average Bonchev–Trinajstić information content (AvgIpc) is 3.18. The van der Waals surface area contributed by atoms with E-state index in [2.05, 4.69) is 25.6 Å². The largest absolute Gasteiger partial charge is 0.467 e. The Morgan fingerprint density at radius 2 is 1.71 bits per heavy atom.